The zero-order valence-corrected chi connectivity index (χ0v) is 16.0. The van der Waals surface area contributed by atoms with Gasteiger partial charge in [-0.15, -0.1) is 24.5 Å². The van der Waals surface area contributed by atoms with Gasteiger partial charge in [0.25, 0.3) is 0 Å². The molecule has 0 saturated heterocycles. The monoisotopic (exact) mass is 420 g/mol. The molecule has 29 heavy (non-hydrogen) atoms. The summed E-state index contributed by atoms with van der Waals surface area (Å²) >= 11 is 1.28. The summed E-state index contributed by atoms with van der Waals surface area (Å²) in [6.45, 7) is 0. The van der Waals surface area contributed by atoms with Crippen molar-refractivity contribution in [2.45, 2.75) is 30.9 Å². The first kappa shape index (κ1) is 18.5. The maximum absolute atomic E-state index is 12.3. The number of aliphatic hydroxyl groups is 1. The van der Waals surface area contributed by atoms with Gasteiger partial charge in [-0.2, -0.15) is 5.10 Å². The zero-order valence-electron chi connectivity index (χ0n) is 15.1. The summed E-state index contributed by atoms with van der Waals surface area (Å²) in [5.74, 6) is 0. The van der Waals surface area contributed by atoms with Gasteiger partial charge < -0.3 is 5.11 Å². The molecule has 0 radical (unpaired) electrons. The summed E-state index contributed by atoms with van der Waals surface area (Å²) in [4.78, 5) is 10.3. The molecule has 0 amide bonds. The van der Waals surface area contributed by atoms with Gasteiger partial charge in [0.05, 0.1) is 11.8 Å². The Hall–Kier alpha value is -2.56. The summed E-state index contributed by atoms with van der Waals surface area (Å²) < 4.78 is 42.7. The molecule has 1 saturated carbocycles. The second-order valence-electron chi connectivity index (χ2n) is 7.27. The third kappa shape index (κ3) is 3.37. The summed E-state index contributed by atoms with van der Waals surface area (Å²) in [5, 5.41) is 16.7. The summed E-state index contributed by atoms with van der Waals surface area (Å²) in [5.41, 5.74) is 0.905. The minimum Gasteiger partial charge on any atom is -0.384 e. The Labute approximate surface area is 166 Å². The highest BCUT2D eigenvalue weighted by Crippen LogP contribution is 2.48. The van der Waals surface area contributed by atoms with Crippen LogP contribution in [0.25, 0.3) is 32.5 Å². The van der Waals surface area contributed by atoms with Crippen LogP contribution in [0.3, 0.4) is 0 Å². The van der Waals surface area contributed by atoms with Crippen LogP contribution in [0.15, 0.2) is 36.7 Å². The Kier molecular flexibility index (Phi) is 3.96. The van der Waals surface area contributed by atoms with Crippen LogP contribution in [0.5, 0.6) is 0 Å². The SMILES string of the molecule is Cn1cc2cc(-c3ccc4cc(C5(O)CC(OC(F)(F)F)C5)sc4n3)cnc2n1. The van der Waals surface area contributed by atoms with Gasteiger partial charge in [-0.1, -0.05) is 0 Å². The van der Waals surface area contributed by atoms with Gasteiger partial charge in [-0.05, 0) is 24.3 Å². The zero-order chi connectivity index (χ0) is 20.4. The Morgan fingerprint density at radius 2 is 2.03 bits per heavy atom. The first-order chi connectivity index (χ1) is 13.7. The highest BCUT2D eigenvalue weighted by atomic mass is 32.1. The number of aryl methyl sites for hydroxylation is 1. The molecule has 0 atom stereocenters. The lowest BCUT2D eigenvalue weighted by Crippen LogP contribution is -2.47. The molecule has 1 aliphatic rings. The summed E-state index contributed by atoms with van der Waals surface area (Å²) in [7, 11) is 1.83. The fourth-order valence-electron chi connectivity index (χ4n) is 3.65. The van der Waals surface area contributed by atoms with Gasteiger partial charge in [0.2, 0.25) is 0 Å². The highest BCUT2D eigenvalue weighted by Gasteiger charge is 2.50. The quantitative estimate of drug-likeness (QED) is 0.540. The molecule has 4 aromatic rings. The predicted molar refractivity (Wildman–Crippen MR) is 101 cm³/mol. The second kappa shape index (κ2) is 6.22. The lowest BCUT2D eigenvalue weighted by atomic mass is 9.76. The molecule has 0 bridgehead atoms. The Balaban J connectivity index is 1.43. The molecule has 1 aliphatic carbocycles. The van der Waals surface area contributed by atoms with Crippen molar-refractivity contribution in [2.24, 2.45) is 7.05 Å². The number of halogens is 3. The minimum absolute atomic E-state index is 0.0895. The number of alkyl halides is 3. The third-order valence-electron chi connectivity index (χ3n) is 5.04. The summed E-state index contributed by atoms with van der Waals surface area (Å²) in [6, 6.07) is 7.48. The molecule has 0 spiro atoms. The van der Waals surface area contributed by atoms with E-state index in [2.05, 4.69) is 19.8 Å². The Morgan fingerprint density at radius 3 is 2.79 bits per heavy atom. The predicted octanol–water partition coefficient (Wildman–Crippen LogP) is 4.13. The Bertz CT molecular complexity index is 1230. The molecule has 5 rings (SSSR count). The molecular weight excluding hydrogens is 405 g/mol. The van der Waals surface area contributed by atoms with Gasteiger partial charge in [-0.3, -0.25) is 9.42 Å². The van der Waals surface area contributed by atoms with Crippen molar-refractivity contribution in [2.75, 3.05) is 0 Å². The van der Waals surface area contributed by atoms with Crippen LogP contribution in [-0.2, 0) is 17.4 Å². The van der Waals surface area contributed by atoms with Crippen LogP contribution >= 0.6 is 11.3 Å². The van der Waals surface area contributed by atoms with E-state index >= 15 is 0 Å². The number of hydrogen-bond donors (Lipinski definition) is 1. The normalized spacial score (nSPS) is 22.3. The van der Waals surface area contributed by atoms with Crippen molar-refractivity contribution in [3.05, 3.63) is 41.5 Å². The van der Waals surface area contributed by atoms with Crippen LogP contribution in [0.2, 0.25) is 0 Å². The molecule has 1 N–H and O–H groups in total. The van der Waals surface area contributed by atoms with Crippen LogP contribution in [0, 0.1) is 0 Å². The number of aromatic nitrogens is 4. The van der Waals surface area contributed by atoms with E-state index in [-0.39, 0.29) is 12.8 Å². The number of rotatable bonds is 3. The van der Waals surface area contributed by atoms with Crippen molar-refractivity contribution in [3.63, 3.8) is 0 Å². The highest BCUT2D eigenvalue weighted by molar-refractivity contribution is 7.18. The number of thiophene rings is 1. The van der Waals surface area contributed by atoms with E-state index in [1.54, 1.807) is 16.9 Å². The van der Waals surface area contributed by atoms with Crippen molar-refractivity contribution < 1.29 is 23.0 Å². The van der Waals surface area contributed by atoms with Gasteiger partial charge in [0.15, 0.2) is 5.65 Å². The first-order valence-electron chi connectivity index (χ1n) is 8.86. The average Bonchev–Trinajstić information content (AvgIpc) is 3.19. The minimum atomic E-state index is -4.69. The van der Waals surface area contributed by atoms with E-state index in [1.165, 1.54) is 11.3 Å². The molecule has 1 fully saturated rings. The fourth-order valence-corrected chi connectivity index (χ4v) is 4.79. The standard InChI is InChI=1S/C19H15F3N4O2S/c1-26-9-12-4-11(8-23-16(12)25-26)14-3-2-10-5-15(29-17(10)24-14)18(27)6-13(7-18)28-19(20,21)22/h2-5,8-9,13,27H,6-7H2,1H3. The molecule has 150 valence electrons. The number of pyridine rings is 2. The lowest BCUT2D eigenvalue weighted by Gasteiger charge is -2.42. The van der Waals surface area contributed by atoms with Crippen LogP contribution in [-0.4, -0.2) is 37.3 Å². The van der Waals surface area contributed by atoms with Gasteiger partial charge >= 0.3 is 6.36 Å². The van der Waals surface area contributed by atoms with Crippen LogP contribution in [0.1, 0.15) is 17.7 Å². The number of ether oxygens (including phenoxy) is 1. The van der Waals surface area contributed by atoms with E-state index in [1.807, 2.05) is 31.4 Å². The third-order valence-corrected chi connectivity index (χ3v) is 6.28. The van der Waals surface area contributed by atoms with Crippen LogP contribution in [0.4, 0.5) is 13.2 Å². The maximum atomic E-state index is 12.3. The van der Waals surface area contributed by atoms with Crippen molar-refractivity contribution in [1.82, 2.24) is 19.7 Å². The van der Waals surface area contributed by atoms with E-state index in [4.69, 9.17) is 0 Å². The lowest BCUT2D eigenvalue weighted by molar-refractivity contribution is -0.364. The van der Waals surface area contributed by atoms with Gasteiger partial charge in [0, 0.05) is 53.5 Å². The largest absolute Gasteiger partial charge is 0.522 e. The van der Waals surface area contributed by atoms with E-state index < -0.39 is 18.1 Å². The number of nitrogens with zero attached hydrogens (tertiary/aromatic N) is 4. The molecular formula is C19H15F3N4O2S. The molecule has 4 aromatic heterocycles. The maximum Gasteiger partial charge on any atom is 0.522 e. The summed E-state index contributed by atoms with van der Waals surface area (Å²) in [6.07, 6.45) is -2.31. The van der Waals surface area contributed by atoms with E-state index in [0.29, 0.717) is 15.4 Å². The van der Waals surface area contributed by atoms with Gasteiger partial charge in [0.1, 0.15) is 10.4 Å². The number of hydrogen-bond acceptors (Lipinski definition) is 6. The van der Waals surface area contributed by atoms with E-state index in [0.717, 1.165) is 22.0 Å². The van der Waals surface area contributed by atoms with Crippen LogP contribution < -0.4 is 0 Å². The molecule has 10 heteroatoms. The fraction of sp³-hybridized carbons (Fsp3) is 0.316. The topological polar surface area (TPSA) is 73.1 Å². The second-order valence-corrected chi connectivity index (χ2v) is 8.30. The number of fused-ring (bicyclic) bond motifs is 2. The molecule has 6 nitrogen and oxygen atoms in total. The molecule has 0 unspecified atom stereocenters. The molecule has 0 aromatic carbocycles. The molecule has 4 heterocycles. The smallest absolute Gasteiger partial charge is 0.384 e. The van der Waals surface area contributed by atoms with Crippen molar-refractivity contribution in [3.8, 4) is 11.3 Å². The van der Waals surface area contributed by atoms with E-state index in [9.17, 15) is 18.3 Å². The van der Waals surface area contributed by atoms with Crippen molar-refractivity contribution in [1.29, 1.82) is 0 Å². The first-order valence-corrected chi connectivity index (χ1v) is 9.68. The Morgan fingerprint density at radius 1 is 1.24 bits per heavy atom. The van der Waals surface area contributed by atoms with Gasteiger partial charge in [-0.25, -0.2) is 9.97 Å². The molecule has 0 aliphatic heterocycles. The average molecular weight is 420 g/mol. The van der Waals surface area contributed by atoms with Crippen molar-refractivity contribution >= 4 is 32.6 Å².